The molecule has 1 amide bonds. The Bertz CT molecular complexity index is 821. The summed E-state index contributed by atoms with van der Waals surface area (Å²) in [5.41, 5.74) is 1.14. The minimum Gasteiger partial charge on any atom is -0.489 e. The molecule has 3 aromatic rings. The van der Waals surface area contributed by atoms with Crippen molar-refractivity contribution in [3.05, 3.63) is 61.4 Å². The molecule has 0 saturated carbocycles. The molecule has 3 rings (SSSR count). The van der Waals surface area contributed by atoms with Gasteiger partial charge in [-0.15, -0.1) is 0 Å². The predicted molar refractivity (Wildman–Crippen MR) is 91.1 cm³/mol. The average Bonchev–Trinajstić information content (AvgIpc) is 3.27. The Morgan fingerprint density at radius 1 is 1.46 bits per heavy atom. The van der Waals surface area contributed by atoms with Gasteiger partial charge in [-0.1, -0.05) is 12.7 Å². The van der Waals surface area contributed by atoms with Crippen LogP contribution < -0.4 is 10.1 Å². The summed E-state index contributed by atoms with van der Waals surface area (Å²) in [5.74, 6) is 0.465. The molecule has 0 fully saturated rings. The van der Waals surface area contributed by atoms with Crippen molar-refractivity contribution in [1.29, 1.82) is 0 Å². The van der Waals surface area contributed by atoms with Crippen LogP contribution in [0.4, 0.5) is 0 Å². The molecular formula is C18H19N3O3. The lowest BCUT2D eigenvalue weighted by atomic mass is 10.1. The second kappa shape index (κ2) is 7.50. The van der Waals surface area contributed by atoms with Crippen molar-refractivity contribution in [1.82, 2.24) is 14.9 Å². The van der Waals surface area contributed by atoms with Gasteiger partial charge in [0.1, 0.15) is 17.9 Å². The number of hydrogen-bond donors (Lipinski definition) is 1. The van der Waals surface area contributed by atoms with Crippen LogP contribution in [0.2, 0.25) is 0 Å². The Kier molecular flexibility index (Phi) is 4.96. The first kappa shape index (κ1) is 15.9. The van der Waals surface area contributed by atoms with E-state index in [0.717, 1.165) is 18.4 Å². The summed E-state index contributed by atoms with van der Waals surface area (Å²) in [6, 6.07) is 5.27. The SMILES string of the molecule is C=CCOc1cc(C(=O)NCCCn2ccnc2)cc2occc12. The molecule has 0 spiro atoms. The number of aromatic nitrogens is 2. The number of nitrogens with one attached hydrogen (secondary N) is 1. The fourth-order valence-electron chi connectivity index (χ4n) is 2.42. The van der Waals surface area contributed by atoms with Crippen LogP contribution in [0.25, 0.3) is 11.0 Å². The number of rotatable bonds is 8. The number of carbonyl (C=O) groups excluding carboxylic acids is 1. The van der Waals surface area contributed by atoms with Crippen LogP contribution in [-0.4, -0.2) is 28.6 Å². The molecule has 2 heterocycles. The van der Waals surface area contributed by atoms with Gasteiger partial charge in [0.2, 0.25) is 0 Å². The van der Waals surface area contributed by atoms with E-state index in [0.29, 0.717) is 30.0 Å². The van der Waals surface area contributed by atoms with Gasteiger partial charge < -0.3 is 19.0 Å². The second-order valence-electron chi connectivity index (χ2n) is 5.32. The van der Waals surface area contributed by atoms with E-state index >= 15 is 0 Å². The summed E-state index contributed by atoms with van der Waals surface area (Å²) in [6.07, 6.45) is 9.46. The second-order valence-corrected chi connectivity index (χ2v) is 5.32. The van der Waals surface area contributed by atoms with E-state index in [4.69, 9.17) is 9.15 Å². The highest BCUT2D eigenvalue weighted by Gasteiger charge is 2.12. The lowest BCUT2D eigenvalue weighted by Gasteiger charge is -2.09. The Morgan fingerprint density at radius 3 is 3.17 bits per heavy atom. The third-order valence-corrected chi connectivity index (χ3v) is 3.59. The molecule has 0 atom stereocenters. The van der Waals surface area contributed by atoms with Gasteiger partial charge in [0, 0.05) is 31.0 Å². The number of fused-ring (bicyclic) bond motifs is 1. The van der Waals surface area contributed by atoms with E-state index in [-0.39, 0.29) is 5.91 Å². The predicted octanol–water partition coefficient (Wildman–Crippen LogP) is 3.01. The molecule has 24 heavy (non-hydrogen) atoms. The van der Waals surface area contributed by atoms with Crippen molar-refractivity contribution in [2.45, 2.75) is 13.0 Å². The van der Waals surface area contributed by atoms with Crippen molar-refractivity contribution in [2.75, 3.05) is 13.2 Å². The number of furan rings is 1. The van der Waals surface area contributed by atoms with Crippen LogP contribution in [-0.2, 0) is 6.54 Å². The maximum Gasteiger partial charge on any atom is 0.251 e. The van der Waals surface area contributed by atoms with Crippen LogP contribution in [0, 0.1) is 0 Å². The highest BCUT2D eigenvalue weighted by molar-refractivity contribution is 5.99. The molecule has 6 nitrogen and oxygen atoms in total. The van der Waals surface area contributed by atoms with Crippen LogP contribution >= 0.6 is 0 Å². The van der Waals surface area contributed by atoms with E-state index in [2.05, 4.69) is 16.9 Å². The molecule has 0 aliphatic heterocycles. The normalized spacial score (nSPS) is 10.7. The maximum absolute atomic E-state index is 12.3. The van der Waals surface area contributed by atoms with E-state index in [1.807, 2.05) is 16.8 Å². The zero-order valence-corrected chi connectivity index (χ0v) is 13.3. The molecule has 1 N–H and O–H groups in total. The number of aryl methyl sites for hydroxylation is 1. The molecule has 0 radical (unpaired) electrons. The van der Waals surface area contributed by atoms with Gasteiger partial charge in [-0.25, -0.2) is 4.98 Å². The third kappa shape index (κ3) is 3.65. The lowest BCUT2D eigenvalue weighted by Crippen LogP contribution is -2.25. The molecule has 0 aliphatic carbocycles. The van der Waals surface area contributed by atoms with Gasteiger partial charge in [-0.2, -0.15) is 0 Å². The third-order valence-electron chi connectivity index (χ3n) is 3.59. The van der Waals surface area contributed by atoms with Crippen LogP contribution in [0.1, 0.15) is 16.8 Å². The Balaban J connectivity index is 1.64. The van der Waals surface area contributed by atoms with Crippen LogP contribution in [0.5, 0.6) is 5.75 Å². The topological polar surface area (TPSA) is 69.3 Å². The molecule has 124 valence electrons. The van der Waals surface area contributed by atoms with Crippen molar-refractivity contribution in [2.24, 2.45) is 0 Å². The maximum atomic E-state index is 12.3. The van der Waals surface area contributed by atoms with E-state index in [1.54, 1.807) is 37.0 Å². The number of amides is 1. The molecule has 0 bridgehead atoms. The smallest absolute Gasteiger partial charge is 0.251 e. The number of imidazole rings is 1. The highest BCUT2D eigenvalue weighted by atomic mass is 16.5. The van der Waals surface area contributed by atoms with Gasteiger partial charge >= 0.3 is 0 Å². The quantitative estimate of drug-likeness (QED) is 0.510. The average molecular weight is 325 g/mol. The fraction of sp³-hybridized carbons (Fsp3) is 0.222. The molecule has 0 saturated heterocycles. The van der Waals surface area contributed by atoms with Gasteiger partial charge in [0.25, 0.3) is 5.91 Å². The summed E-state index contributed by atoms with van der Waals surface area (Å²) in [6.45, 7) is 5.40. The fourth-order valence-corrected chi connectivity index (χ4v) is 2.42. The molecule has 1 aromatic carbocycles. The van der Waals surface area contributed by atoms with Crippen molar-refractivity contribution < 1.29 is 13.9 Å². The first-order valence-electron chi connectivity index (χ1n) is 7.77. The summed E-state index contributed by atoms with van der Waals surface area (Å²) >= 11 is 0. The first-order chi connectivity index (χ1) is 11.8. The molecule has 2 aromatic heterocycles. The zero-order valence-electron chi connectivity index (χ0n) is 13.3. The summed E-state index contributed by atoms with van der Waals surface area (Å²) < 4.78 is 13.0. The van der Waals surface area contributed by atoms with Crippen LogP contribution in [0.15, 0.2) is 60.3 Å². The molecule has 0 aliphatic rings. The lowest BCUT2D eigenvalue weighted by molar-refractivity contribution is 0.0952. The van der Waals surface area contributed by atoms with E-state index < -0.39 is 0 Å². The monoisotopic (exact) mass is 325 g/mol. The van der Waals surface area contributed by atoms with E-state index in [9.17, 15) is 4.79 Å². The number of nitrogens with zero attached hydrogens (tertiary/aromatic N) is 2. The summed E-state index contributed by atoms with van der Waals surface area (Å²) in [7, 11) is 0. The standard InChI is InChI=1S/C18H19N3O3/c1-2-9-23-16-11-14(12-17-15(16)4-10-24-17)18(22)20-5-3-7-21-8-6-19-13-21/h2,4,6,8,10-13H,1,3,5,7,9H2,(H,20,22). The van der Waals surface area contributed by atoms with Gasteiger partial charge in [0.15, 0.2) is 0 Å². The number of carbonyl (C=O) groups is 1. The van der Waals surface area contributed by atoms with Crippen molar-refractivity contribution in [3.63, 3.8) is 0 Å². The van der Waals surface area contributed by atoms with Crippen LogP contribution in [0.3, 0.4) is 0 Å². The number of benzene rings is 1. The number of ether oxygens (including phenoxy) is 1. The minimum absolute atomic E-state index is 0.151. The largest absolute Gasteiger partial charge is 0.489 e. The van der Waals surface area contributed by atoms with Gasteiger partial charge in [-0.05, 0) is 24.6 Å². The summed E-state index contributed by atoms with van der Waals surface area (Å²) in [4.78, 5) is 16.3. The zero-order chi connectivity index (χ0) is 16.8. The Hall–Kier alpha value is -3.02. The number of hydrogen-bond acceptors (Lipinski definition) is 4. The molecule has 6 heteroatoms. The Labute approximate surface area is 139 Å². The van der Waals surface area contributed by atoms with Gasteiger partial charge in [-0.3, -0.25) is 4.79 Å². The van der Waals surface area contributed by atoms with Gasteiger partial charge in [0.05, 0.1) is 18.0 Å². The highest BCUT2D eigenvalue weighted by Crippen LogP contribution is 2.28. The van der Waals surface area contributed by atoms with Crippen molar-refractivity contribution >= 4 is 16.9 Å². The molecule has 0 unspecified atom stereocenters. The summed E-state index contributed by atoms with van der Waals surface area (Å²) in [5, 5.41) is 3.75. The minimum atomic E-state index is -0.151. The first-order valence-corrected chi connectivity index (χ1v) is 7.77. The molecular weight excluding hydrogens is 306 g/mol. The van der Waals surface area contributed by atoms with E-state index in [1.165, 1.54) is 0 Å². The Morgan fingerprint density at radius 2 is 2.38 bits per heavy atom. The van der Waals surface area contributed by atoms with Crippen molar-refractivity contribution in [3.8, 4) is 5.75 Å².